The lowest BCUT2D eigenvalue weighted by Gasteiger charge is -2.06. The molecule has 3 heterocycles. The van der Waals surface area contributed by atoms with Crippen molar-refractivity contribution in [3.05, 3.63) is 54.3 Å². The van der Waals surface area contributed by atoms with Crippen molar-refractivity contribution in [2.24, 2.45) is 0 Å². The van der Waals surface area contributed by atoms with Crippen molar-refractivity contribution < 1.29 is 8.78 Å². The molecule has 0 saturated carbocycles. The summed E-state index contributed by atoms with van der Waals surface area (Å²) in [7, 11) is 0. The normalized spacial score (nSPS) is 12.5. The van der Waals surface area contributed by atoms with Gasteiger partial charge < -0.3 is 17.2 Å². The largest absolute Gasteiger partial charge is 0.393 e. The smallest absolute Gasteiger partial charge is 0.184 e. The highest BCUT2D eigenvalue weighted by atomic mass is 19.1. The molecular weight excluding hydrogens is 366 g/mol. The standard InChI is InChI=1S/C18H18F2N8/c1-3-5-12(20)9(4-2)8-28-18-11(6-10(19)7-24-18)14(27-28)17-25-15(22)13(21)16(23)26-17/h3-7H,1,8,21H2,2H3,(H4,22,23,25,26)/b9-4-,12-5+. The summed E-state index contributed by atoms with van der Waals surface area (Å²) in [5.41, 5.74) is 18.1. The van der Waals surface area contributed by atoms with Crippen LogP contribution in [0.3, 0.4) is 0 Å². The zero-order valence-corrected chi connectivity index (χ0v) is 15.0. The van der Waals surface area contributed by atoms with Gasteiger partial charge in [0.15, 0.2) is 23.1 Å². The van der Waals surface area contributed by atoms with Gasteiger partial charge in [-0.15, -0.1) is 0 Å². The molecule has 0 atom stereocenters. The Morgan fingerprint density at radius 2 is 1.93 bits per heavy atom. The Hall–Kier alpha value is -3.82. The number of nitrogen functional groups attached to an aromatic ring is 3. The predicted molar refractivity (Wildman–Crippen MR) is 105 cm³/mol. The van der Waals surface area contributed by atoms with Gasteiger partial charge in [-0.1, -0.05) is 18.7 Å². The molecule has 0 aliphatic rings. The van der Waals surface area contributed by atoms with Crippen LogP contribution in [0.5, 0.6) is 0 Å². The van der Waals surface area contributed by atoms with Crippen molar-refractivity contribution in [1.82, 2.24) is 24.7 Å². The van der Waals surface area contributed by atoms with E-state index in [1.165, 1.54) is 22.9 Å². The molecule has 0 aliphatic carbocycles. The number of hydrogen-bond acceptors (Lipinski definition) is 7. The number of nitrogens with two attached hydrogens (primary N) is 3. The molecule has 8 nitrogen and oxygen atoms in total. The maximum atomic E-state index is 14.2. The van der Waals surface area contributed by atoms with E-state index in [-0.39, 0.29) is 35.4 Å². The van der Waals surface area contributed by atoms with E-state index < -0.39 is 11.6 Å². The van der Waals surface area contributed by atoms with Gasteiger partial charge in [0.05, 0.1) is 18.1 Å². The Balaban J connectivity index is 2.19. The molecule has 0 saturated heterocycles. The third-order valence-electron chi connectivity index (χ3n) is 4.01. The minimum absolute atomic E-state index is 0.0244. The number of anilines is 3. The summed E-state index contributed by atoms with van der Waals surface area (Å²) in [5, 5.41) is 4.72. The van der Waals surface area contributed by atoms with Gasteiger partial charge in [0.1, 0.15) is 23.0 Å². The van der Waals surface area contributed by atoms with Gasteiger partial charge in [-0.25, -0.2) is 28.4 Å². The fourth-order valence-electron chi connectivity index (χ4n) is 2.60. The fraction of sp³-hybridized carbons (Fsp3) is 0.111. The molecule has 0 fully saturated rings. The lowest BCUT2D eigenvalue weighted by atomic mass is 10.2. The summed E-state index contributed by atoms with van der Waals surface area (Å²) in [5.74, 6) is -1.03. The van der Waals surface area contributed by atoms with Crippen molar-refractivity contribution >= 4 is 28.4 Å². The van der Waals surface area contributed by atoms with Crippen molar-refractivity contribution in [3.8, 4) is 11.5 Å². The lowest BCUT2D eigenvalue weighted by molar-refractivity contribution is 0.605. The minimum atomic E-state index is -0.575. The number of nitrogens with zero attached hydrogens (tertiary/aromatic N) is 5. The molecule has 3 aromatic heterocycles. The van der Waals surface area contributed by atoms with E-state index in [1.54, 1.807) is 13.0 Å². The summed E-state index contributed by atoms with van der Waals surface area (Å²) in [4.78, 5) is 12.2. The molecule has 3 rings (SSSR count). The van der Waals surface area contributed by atoms with Gasteiger partial charge in [0, 0.05) is 5.57 Å². The van der Waals surface area contributed by atoms with Crippen LogP contribution in [-0.4, -0.2) is 24.7 Å². The Morgan fingerprint density at radius 1 is 1.25 bits per heavy atom. The van der Waals surface area contributed by atoms with Crippen molar-refractivity contribution in [2.75, 3.05) is 17.2 Å². The second kappa shape index (κ2) is 7.43. The van der Waals surface area contributed by atoms with Crippen LogP contribution in [0, 0.1) is 5.82 Å². The molecule has 0 aliphatic heterocycles. The summed E-state index contributed by atoms with van der Waals surface area (Å²) in [6.45, 7) is 5.21. The van der Waals surface area contributed by atoms with Crippen molar-refractivity contribution in [2.45, 2.75) is 13.5 Å². The van der Waals surface area contributed by atoms with Gasteiger partial charge in [0.2, 0.25) is 0 Å². The topological polar surface area (TPSA) is 135 Å². The van der Waals surface area contributed by atoms with Gasteiger partial charge in [-0.3, -0.25) is 0 Å². The molecule has 0 radical (unpaired) electrons. The first kappa shape index (κ1) is 19.0. The average Bonchev–Trinajstić information content (AvgIpc) is 3.01. The number of aromatic nitrogens is 5. The van der Waals surface area contributed by atoms with Gasteiger partial charge >= 0.3 is 0 Å². The van der Waals surface area contributed by atoms with Gasteiger partial charge in [-0.2, -0.15) is 5.10 Å². The molecule has 144 valence electrons. The van der Waals surface area contributed by atoms with E-state index in [1.807, 2.05) is 0 Å². The molecule has 0 spiro atoms. The number of pyridine rings is 1. The molecule has 0 amide bonds. The maximum Gasteiger partial charge on any atom is 0.184 e. The summed E-state index contributed by atoms with van der Waals surface area (Å²) >= 11 is 0. The number of hydrogen-bond donors (Lipinski definition) is 3. The fourth-order valence-corrected chi connectivity index (χ4v) is 2.60. The van der Waals surface area contributed by atoms with Crippen LogP contribution < -0.4 is 17.2 Å². The SMILES string of the molecule is C=C/C=C(F)\C(=C/C)Cn1nc(-c2nc(N)c(N)c(N)n2)c2cc(F)cnc21. The molecule has 28 heavy (non-hydrogen) atoms. The number of allylic oxidation sites excluding steroid dienone is 5. The van der Waals surface area contributed by atoms with Crippen molar-refractivity contribution in [1.29, 1.82) is 0 Å². The van der Waals surface area contributed by atoms with E-state index in [0.717, 1.165) is 6.20 Å². The zero-order chi connectivity index (χ0) is 20.4. The molecular formula is C18H18F2N8. The van der Waals surface area contributed by atoms with Crippen LogP contribution in [0.25, 0.3) is 22.6 Å². The van der Waals surface area contributed by atoms with E-state index >= 15 is 0 Å². The van der Waals surface area contributed by atoms with Crippen molar-refractivity contribution in [3.63, 3.8) is 0 Å². The number of fused-ring (bicyclic) bond motifs is 1. The third-order valence-corrected chi connectivity index (χ3v) is 4.01. The van der Waals surface area contributed by atoms with Crippen LogP contribution in [0.2, 0.25) is 0 Å². The highest BCUT2D eigenvalue weighted by Gasteiger charge is 2.20. The third kappa shape index (κ3) is 3.39. The molecule has 0 unspecified atom stereocenters. The van der Waals surface area contributed by atoms with E-state index in [9.17, 15) is 8.78 Å². The quantitative estimate of drug-likeness (QED) is 0.576. The second-order valence-corrected chi connectivity index (χ2v) is 5.83. The molecule has 10 heteroatoms. The minimum Gasteiger partial charge on any atom is -0.393 e. The van der Waals surface area contributed by atoms with E-state index in [2.05, 4.69) is 26.6 Å². The summed E-state index contributed by atoms with van der Waals surface area (Å²) in [6, 6.07) is 1.23. The summed E-state index contributed by atoms with van der Waals surface area (Å²) < 4.78 is 29.5. The lowest BCUT2D eigenvalue weighted by Crippen LogP contribution is -2.07. The molecule has 0 bridgehead atoms. The molecule has 3 aromatic rings. The Labute approximate surface area is 159 Å². The Kier molecular flexibility index (Phi) is 5.03. The van der Waals surface area contributed by atoms with Gasteiger partial charge in [0.25, 0.3) is 0 Å². The second-order valence-electron chi connectivity index (χ2n) is 5.83. The summed E-state index contributed by atoms with van der Waals surface area (Å²) in [6.07, 6.45) is 5.22. The van der Waals surface area contributed by atoms with Crippen LogP contribution in [0.4, 0.5) is 26.1 Å². The van der Waals surface area contributed by atoms with E-state index in [4.69, 9.17) is 17.2 Å². The van der Waals surface area contributed by atoms with E-state index in [0.29, 0.717) is 16.6 Å². The maximum absolute atomic E-state index is 14.2. The average molecular weight is 384 g/mol. The first-order valence-corrected chi connectivity index (χ1v) is 8.20. The molecule has 0 aromatic carbocycles. The van der Waals surface area contributed by atoms with Crippen LogP contribution in [-0.2, 0) is 6.54 Å². The zero-order valence-electron chi connectivity index (χ0n) is 15.0. The Morgan fingerprint density at radius 3 is 2.54 bits per heavy atom. The monoisotopic (exact) mass is 384 g/mol. The first-order valence-electron chi connectivity index (χ1n) is 8.20. The number of halogens is 2. The first-order chi connectivity index (χ1) is 13.3. The highest BCUT2D eigenvalue weighted by Crippen LogP contribution is 2.29. The predicted octanol–water partition coefficient (Wildman–Crippen LogP) is 2.76. The highest BCUT2D eigenvalue weighted by molar-refractivity contribution is 5.90. The van der Waals surface area contributed by atoms with Crippen LogP contribution in [0.15, 0.2) is 48.5 Å². The number of rotatable bonds is 5. The molecule has 6 N–H and O–H groups in total. The van der Waals surface area contributed by atoms with Gasteiger partial charge in [-0.05, 0) is 19.1 Å². The van der Waals surface area contributed by atoms with Crippen LogP contribution in [0.1, 0.15) is 6.92 Å². The Bertz CT molecular complexity index is 1110. The van der Waals surface area contributed by atoms with Crippen LogP contribution >= 0.6 is 0 Å².